The quantitative estimate of drug-likeness (QED) is 0.823. The molecule has 1 saturated carbocycles. The maximum Gasteiger partial charge on any atom is 0.243 e. The molecule has 1 amide bonds. The number of nitrogens with zero attached hydrogens (tertiary/aromatic N) is 2. The Hall–Kier alpha value is -0.0700. The minimum atomic E-state index is -0.756. The molecule has 23 heavy (non-hydrogen) atoms. The Bertz CT molecular complexity index is 436. The molecule has 3 fully saturated rings. The van der Waals surface area contributed by atoms with Crippen molar-refractivity contribution >= 4 is 30.7 Å². The first-order valence-corrected chi connectivity index (χ1v) is 8.34. The van der Waals surface area contributed by atoms with Crippen molar-refractivity contribution in [3.05, 3.63) is 0 Å². The second-order valence-corrected chi connectivity index (χ2v) is 7.42. The van der Waals surface area contributed by atoms with Crippen LogP contribution in [0.4, 0.5) is 0 Å². The first-order chi connectivity index (χ1) is 9.90. The summed E-state index contributed by atoms with van der Waals surface area (Å²) in [5.74, 6) is 0.134. The third-order valence-electron chi connectivity index (χ3n) is 6.09. The number of hydrogen-bond donors (Lipinski definition) is 1. The van der Waals surface area contributed by atoms with Crippen LogP contribution in [0.1, 0.15) is 40.0 Å². The maximum atomic E-state index is 13.0. The van der Waals surface area contributed by atoms with Crippen molar-refractivity contribution in [2.75, 3.05) is 32.8 Å². The number of ether oxygens (including phenoxy) is 1. The van der Waals surface area contributed by atoms with E-state index >= 15 is 0 Å². The molecular weight excluding hydrogens is 337 g/mol. The lowest BCUT2D eigenvalue weighted by Crippen LogP contribution is -2.76. The molecule has 2 saturated heterocycles. The van der Waals surface area contributed by atoms with Crippen LogP contribution in [0.25, 0.3) is 0 Å². The number of carbonyl (C=O) groups is 1. The third-order valence-corrected chi connectivity index (χ3v) is 6.09. The normalized spacial score (nSPS) is 35.6. The van der Waals surface area contributed by atoms with Gasteiger partial charge in [0.25, 0.3) is 0 Å². The molecule has 0 aromatic heterocycles. The van der Waals surface area contributed by atoms with E-state index < -0.39 is 5.54 Å². The predicted octanol–water partition coefficient (Wildman–Crippen LogP) is 1.67. The van der Waals surface area contributed by atoms with E-state index in [4.69, 9.17) is 10.5 Å². The molecule has 7 heteroatoms. The summed E-state index contributed by atoms with van der Waals surface area (Å²) in [5.41, 5.74) is 5.49. The van der Waals surface area contributed by atoms with Crippen LogP contribution in [0, 0.1) is 5.41 Å². The average molecular weight is 368 g/mol. The lowest BCUT2D eigenvalue weighted by Gasteiger charge is -2.59. The number of nitrogens with two attached hydrogens (primary N) is 1. The van der Waals surface area contributed by atoms with Crippen LogP contribution in [0.3, 0.4) is 0 Å². The summed E-state index contributed by atoms with van der Waals surface area (Å²) in [6, 6.07) is 0.553. The molecular formula is C16H31Cl2N3O2. The van der Waals surface area contributed by atoms with Crippen LogP contribution in [0.15, 0.2) is 0 Å². The van der Waals surface area contributed by atoms with Crippen LogP contribution in [-0.4, -0.2) is 66.2 Å². The Morgan fingerprint density at radius 2 is 1.96 bits per heavy atom. The van der Waals surface area contributed by atoms with Gasteiger partial charge in [-0.1, -0.05) is 13.8 Å². The molecule has 3 rings (SSSR count). The van der Waals surface area contributed by atoms with Crippen molar-refractivity contribution in [1.82, 2.24) is 9.80 Å². The summed E-state index contributed by atoms with van der Waals surface area (Å²) < 4.78 is 5.74. The molecule has 3 aliphatic rings. The number of rotatable bonds is 3. The zero-order valence-electron chi connectivity index (χ0n) is 14.4. The smallest absolute Gasteiger partial charge is 0.243 e. The molecule has 0 aromatic rings. The molecule has 0 radical (unpaired) electrons. The highest BCUT2D eigenvalue weighted by Gasteiger charge is 2.64. The van der Waals surface area contributed by atoms with Crippen LogP contribution in [0.5, 0.6) is 0 Å². The molecule has 136 valence electrons. The predicted molar refractivity (Wildman–Crippen MR) is 96.4 cm³/mol. The topological polar surface area (TPSA) is 58.8 Å². The number of carbonyl (C=O) groups excluding carboxylic acids is 1. The van der Waals surface area contributed by atoms with Gasteiger partial charge in [-0.25, -0.2) is 0 Å². The van der Waals surface area contributed by atoms with Gasteiger partial charge in [-0.3, -0.25) is 9.69 Å². The minimum absolute atomic E-state index is 0. The van der Waals surface area contributed by atoms with Crippen LogP contribution < -0.4 is 5.73 Å². The lowest BCUT2D eigenvalue weighted by molar-refractivity contribution is -0.181. The summed E-state index contributed by atoms with van der Waals surface area (Å²) in [5, 5.41) is 0. The summed E-state index contributed by atoms with van der Waals surface area (Å²) in [6.45, 7) is 10.7. The minimum Gasteiger partial charge on any atom is -0.378 e. The molecule has 2 aliphatic heterocycles. The average Bonchev–Trinajstić information content (AvgIpc) is 2.93. The summed E-state index contributed by atoms with van der Waals surface area (Å²) in [6.07, 6.45) is 3.23. The van der Waals surface area contributed by atoms with Gasteiger partial charge in [0.2, 0.25) is 5.91 Å². The Morgan fingerprint density at radius 1 is 1.26 bits per heavy atom. The maximum absolute atomic E-state index is 13.0. The highest BCUT2D eigenvalue weighted by atomic mass is 35.5. The Balaban J connectivity index is 0.00000132. The molecule has 5 nitrogen and oxygen atoms in total. The van der Waals surface area contributed by atoms with Crippen molar-refractivity contribution < 1.29 is 9.53 Å². The molecule has 0 bridgehead atoms. The van der Waals surface area contributed by atoms with E-state index in [1.54, 1.807) is 0 Å². The van der Waals surface area contributed by atoms with Gasteiger partial charge in [-0.05, 0) is 26.3 Å². The largest absolute Gasteiger partial charge is 0.378 e. The van der Waals surface area contributed by atoms with Gasteiger partial charge in [0.1, 0.15) is 5.54 Å². The van der Waals surface area contributed by atoms with E-state index in [-0.39, 0.29) is 42.2 Å². The number of hydrogen-bond acceptors (Lipinski definition) is 4. The van der Waals surface area contributed by atoms with E-state index in [0.29, 0.717) is 19.1 Å². The van der Waals surface area contributed by atoms with Gasteiger partial charge in [0.05, 0.1) is 6.10 Å². The summed E-state index contributed by atoms with van der Waals surface area (Å²) >= 11 is 0. The monoisotopic (exact) mass is 367 g/mol. The van der Waals surface area contributed by atoms with Gasteiger partial charge in [-0.15, -0.1) is 24.8 Å². The van der Waals surface area contributed by atoms with Crippen LogP contribution in [-0.2, 0) is 9.53 Å². The number of halogens is 2. The fraction of sp³-hybridized carbons (Fsp3) is 0.938. The standard InChI is InChI=1S/C16H29N3O2.2ClH/c1-4-21-13-10-16(17,15(13,2)3)14(20)19-9-8-18-7-5-6-12(18)11-19;;/h12-13H,4-11,17H2,1-3H3;2*1H. The highest BCUT2D eigenvalue weighted by molar-refractivity contribution is 5.89. The fourth-order valence-electron chi connectivity index (χ4n) is 4.26. The Labute approximate surface area is 152 Å². The zero-order chi connectivity index (χ0) is 15.3. The van der Waals surface area contributed by atoms with E-state index in [1.807, 2.05) is 11.8 Å². The first-order valence-electron chi connectivity index (χ1n) is 8.34. The number of fused-ring (bicyclic) bond motifs is 1. The van der Waals surface area contributed by atoms with Crippen molar-refractivity contribution in [2.45, 2.75) is 57.7 Å². The van der Waals surface area contributed by atoms with E-state index in [1.165, 1.54) is 19.4 Å². The van der Waals surface area contributed by atoms with E-state index in [0.717, 1.165) is 19.6 Å². The van der Waals surface area contributed by atoms with Crippen LogP contribution >= 0.6 is 24.8 Å². The van der Waals surface area contributed by atoms with Crippen molar-refractivity contribution in [2.24, 2.45) is 11.1 Å². The lowest BCUT2D eigenvalue weighted by atomic mass is 9.54. The molecule has 0 spiro atoms. The van der Waals surface area contributed by atoms with Crippen molar-refractivity contribution in [3.63, 3.8) is 0 Å². The van der Waals surface area contributed by atoms with E-state index in [2.05, 4.69) is 18.7 Å². The van der Waals surface area contributed by atoms with Gasteiger partial charge >= 0.3 is 0 Å². The molecule has 3 unspecified atom stereocenters. The molecule has 0 aromatic carbocycles. The second kappa shape index (κ2) is 7.44. The summed E-state index contributed by atoms with van der Waals surface area (Å²) in [4.78, 5) is 17.5. The third kappa shape index (κ3) is 3.23. The second-order valence-electron chi connectivity index (χ2n) is 7.42. The van der Waals surface area contributed by atoms with E-state index in [9.17, 15) is 4.79 Å². The molecule has 1 aliphatic carbocycles. The first kappa shape index (κ1) is 21.0. The molecule has 2 N–H and O–H groups in total. The number of piperazine rings is 1. The summed E-state index contributed by atoms with van der Waals surface area (Å²) in [7, 11) is 0. The van der Waals surface area contributed by atoms with Crippen molar-refractivity contribution in [3.8, 4) is 0 Å². The Morgan fingerprint density at radius 3 is 2.57 bits per heavy atom. The molecule has 2 heterocycles. The van der Waals surface area contributed by atoms with Gasteiger partial charge in [0.15, 0.2) is 0 Å². The van der Waals surface area contributed by atoms with Crippen molar-refractivity contribution in [1.29, 1.82) is 0 Å². The molecule has 3 atom stereocenters. The SMILES string of the molecule is CCOC1CC(N)(C(=O)N2CCN3CCCC3C2)C1(C)C.Cl.Cl. The van der Waals surface area contributed by atoms with Gasteiger partial charge < -0.3 is 15.4 Å². The van der Waals surface area contributed by atoms with Crippen LogP contribution in [0.2, 0.25) is 0 Å². The van der Waals surface area contributed by atoms with Gasteiger partial charge in [0, 0.05) is 44.1 Å². The number of amides is 1. The fourth-order valence-corrected chi connectivity index (χ4v) is 4.26. The van der Waals surface area contributed by atoms with Gasteiger partial charge in [-0.2, -0.15) is 0 Å². The zero-order valence-corrected chi connectivity index (χ0v) is 16.0. The Kier molecular flexibility index (Phi) is 6.79. The highest BCUT2D eigenvalue weighted by Crippen LogP contribution is 2.50.